The van der Waals surface area contributed by atoms with Gasteiger partial charge >= 0.3 is 5.97 Å². The van der Waals surface area contributed by atoms with Gasteiger partial charge in [0, 0.05) is 0 Å². The first-order chi connectivity index (χ1) is 19.3. The Hall–Kier alpha value is -1.01. The normalized spacial score (nSPS) is 55.0. The number of carbonyl (C=O) groups is 1. The molecule has 0 unspecified atom stereocenters. The summed E-state index contributed by atoms with van der Waals surface area (Å²) in [5, 5.41) is 91.8. The van der Waals surface area contributed by atoms with Crippen molar-refractivity contribution in [3.05, 3.63) is 0 Å². The zero-order chi connectivity index (χ0) is 30.0. The van der Waals surface area contributed by atoms with Crippen LogP contribution in [0.5, 0.6) is 0 Å². The summed E-state index contributed by atoms with van der Waals surface area (Å²) < 4.78 is 22.2. The van der Waals surface area contributed by atoms with Crippen molar-refractivity contribution in [1.29, 1.82) is 0 Å². The van der Waals surface area contributed by atoms with Gasteiger partial charge in [-0.15, -0.1) is 0 Å². The molecule has 2 heterocycles. The molecule has 0 amide bonds. The quantitative estimate of drug-likeness (QED) is 0.131. The first kappa shape index (κ1) is 31.4. The molecule has 0 spiro atoms. The summed E-state index contributed by atoms with van der Waals surface area (Å²) in [7, 11) is 0. The molecule has 17 atom stereocenters. The molecule has 236 valence electrons. The Morgan fingerprint density at radius 2 is 1.37 bits per heavy atom. The Balaban J connectivity index is 1.28. The van der Waals surface area contributed by atoms with Gasteiger partial charge < -0.3 is 64.9 Å². The standard InChI is InChI=1S/C27H44O14/c1-10-3-4-11-15(10)16-12(26(16,2)25(36)41-24-22(35)20(33)18(31)14(8-29)40-24)5-6-27(11,37)9-38-23-21(34)19(32)17(30)13(7-28)39-23/h10-24,28-35,37H,3-9H2,1-2H3/t10-,11+,12-,13-,14-,15-,16-,17-,18-,19+,20+,21-,22-,23-,24+,26-,27-/m1/s1. The lowest BCUT2D eigenvalue weighted by molar-refractivity contribution is -0.311. The molecular weight excluding hydrogens is 548 g/mol. The van der Waals surface area contributed by atoms with Gasteiger partial charge in [-0.25, -0.2) is 0 Å². The third-order valence-electron chi connectivity index (χ3n) is 10.7. The van der Waals surface area contributed by atoms with Crippen molar-refractivity contribution in [3.63, 3.8) is 0 Å². The van der Waals surface area contributed by atoms with E-state index < -0.39 is 91.6 Å². The molecule has 0 aromatic heterocycles. The lowest BCUT2D eigenvalue weighted by Gasteiger charge is -2.43. The Labute approximate surface area is 237 Å². The topological polar surface area (TPSA) is 236 Å². The molecule has 2 aliphatic heterocycles. The molecule has 2 saturated heterocycles. The van der Waals surface area contributed by atoms with Crippen LogP contribution in [0.15, 0.2) is 0 Å². The highest BCUT2D eigenvalue weighted by molar-refractivity contribution is 5.81. The van der Waals surface area contributed by atoms with Gasteiger partial charge in [0.25, 0.3) is 0 Å². The van der Waals surface area contributed by atoms with E-state index >= 15 is 0 Å². The van der Waals surface area contributed by atoms with E-state index in [0.717, 1.165) is 6.42 Å². The van der Waals surface area contributed by atoms with Gasteiger partial charge in [0.15, 0.2) is 6.29 Å². The van der Waals surface area contributed by atoms with Gasteiger partial charge in [-0.2, -0.15) is 0 Å². The van der Waals surface area contributed by atoms with Crippen LogP contribution in [-0.2, 0) is 23.7 Å². The molecule has 14 nitrogen and oxygen atoms in total. The van der Waals surface area contributed by atoms with Crippen LogP contribution in [0, 0.1) is 35.0 Å². The number of esters is 1. The van der Waals surface area contributed by atoms with Crippen LogP contribution in [0.4, 0.5) is 0 Å². The Bertz CT molecular complexity index is 949. The molecular formula is C27H44O14. The number of aliphatic hydroxyl groups excluding tert-OH is 8. The van der Waals surface area contributed by atoms with Gasteiger partial charge in [-0.3, -0.25) is 4.79 Å². The predicted octanol–water partition coefficient (Wildman–Crippen LogP) is -3.41. The number of ether oxygens (including phenoxy) is 4. The summed E-state index contributed by atoms with van der Waals surface area (Å²) in [6, 6.07) is 0. The third kappa shape index (κ3) is 5.13. The van der Waals surface area contributed by atoms with Gasteiger partial charge in [-0.1, -0.05) is 13.3 Å². The summed E-state index contributed by atoms with van der Waals surface area (Å²) in [5.41, 5.74) is -2.27. The zero-order valence-corrected chi connectivity index (χ0v) is 23.2. The Kier molecular flexibility index (Phi) is 8.80. The van der Waals surface area contributed by atoms with E-state index in [1.165, 1.54) is 0 Å². The maximum atomic E-state index is 13.5. The van der Waals surface area contributed by atoms with E-state index in [9.17, 15) is 50.8 Å². The third-order valence-corrected chi connectivity index (χ3v) is 10.7. The lowest BCUT2D eigenvalue weighted by Crippen LogP contribution is -2.60. The summed E-state index contributed by atoms with van der Waals surface area (Å²) in [6.45, 7) is 2.37. The van der Waals surface area contributed by atoms with Crippen molar-refractivity contribution in [2.75, 3.05) is 19.8 Å². The first-order valence-corrected chi connectivity index (χ1v) is 14.5. The molecule has 5 fully saturated rings. The van der Waals surface area contributed by atoms with Crippen LogP contribution >= 0.6 is 0 Å². The number of fused-ring (bicyclic) bond motifs is 3. The lowest BCUT2D eigenvalue weighted by atomic mass is 9.73. The molecule has 0 radical (unpaired) electrons. The van der Waals surface area contributed by atoms with E-state index in [1.54, 1.807) is 6.92 Å². The Morgan fingerprint density at radius 1 is 0.805 bits per heavy atom. The average Bonchev–Trinajstić information content (AvgIpc) is 3.41. The fourth-order valence-corrected chi connectivity index (χ4v) is 8.13. The van der Waals surface area contributed by atoms with Crippen LogP contribution in [0.25, 0.3) is 0 Å². The number of rotatable bonds is 7. The van der Waals surface area contributed by atoms with E-state index in [4.69, 9.17) is 18.9 Å². The van der Waals surface area contributed by atoms with Crippen molar-refractivity contribution in [2.24, 2.45) is 35.0 Å². The van der Waals surface area contributed by atoms with Crippen molar-refractivity contribution in [2.45, 2.75) is 107 Å². The van der Waals surface area contributed by atoms with Crippen LogP contribution in [-0.4, -0.2) is 139 Å². The molecule has 14 heteroatoms. The van der Waals surface area contributed by atoms with Gasteiger partial charge in [-0.05, 0) is 55.8 Å². The minimum absolute atomic E-state index is 0.0850. The van der Waals surface area contributed by atoms with Crippen LogP contribution in [0.3, 0.4) is 0 Å². The summed E-state index contributed by atoms with van der Waals surface area (Å²) in [4.78, 5) is 13.5. The fourth-order valence-electron chi connectivity index (χ4n) is 8.13. The number of hydrogen-bond acceptors (Lipinski definition) is 14. The van der Waals surface area contributed by atoms with Gasteiger partial charge in [0.1, 0.15) is 48.8 Å². The minimum atomic E-state index is -1.70. The average molecular weight is 593 g/mol. The maximum absolute atomic E-state index is 13.5. The molecule has 3 saturated carbocycles. The van der Waals surface area contributed by atoms with Crippen molar-refractivity contribution >= 4 is 5.97 Å². The predicted molar refractivity (Wildman–Crippen MR) is 134 cm³/mol. The molecule has 5 rings (SSSR count). The molecule has 3 aliphatic carbocycles. The van der Waals surface area contributed by atoms with E-state index in [-0.39, 0.29) is 42.6 Å². The largest absolute Gasteiger partial charge is 0.432 e. The highest BCUT2D eigenvalue weighted by Crippen LogP contribution is 2.72. The number of hydrogen-bond donors (Lipinski definition) is 9. The summed E-state index contributed by atoms with van der Waals surface area (Å²) in [6.07, 6.45) is -12.8. The second-order valence-electron chi connectivity index (χ2n) is 12.9. The SMILES string of the molecule is C[C@@H]1CC[C@H]2[C@@H]1[C@H]1[C@@H](CC[C@@]2(O)CO[C@@H]2O[C@H](CO)[C@@H](O)[C@H](O)[C@H]2O)[C@@]1(C)C(=O)O[C@@H]1O[C@H](CO)[C@@H](O)[C@H](O)[C@H]1O. The van der Waals surface area contributed by atoms with Crippen LogP contribution in [0.2, 0.25) is 0 Å². The van der Waals surface area contributed by atoms with Crippen molar-refractivity contribution in [3.8, 4) is 0 Å². The van der Waals surface area contributed by atoms with E-state index in [0.29, 0.717) is 12.8 Å². The molecule has 0 aromatic rings. The number of aliphatic hydroxyl groups is 9. The molecule has 0 bridgehead atoms. The van der Waals surface area contributed by atoms with Crippen LogP contribution in [0.1, 0.15) is 39.5 Å². The van der Waals surface area contributed by atoms with Gasteiger partial charge in [0.05, 0.1) is 30.8 Å². The molecule has 0 aromatic carbocycles. The number of carbonyl (C=O) groups excluding carboxylic acids is 1. The highest BCUT2D eigenvalue weighted by atomic mass is 16.7. The maximum Gasteiger partial charge on any atom is 0.314 e. The molecule has 5 aliphatic rings. The highest BCUT2D eigenvalue weighted by Gasteiger charge is 2.74. The zero-order valence-electron chi connectivity index (χ0n) is 23.2. The Morgan fingerprint density at radius 3 is 1.95 bits per heavy atom. The smallest absolute Gasteiger partial charge is 0.314 e. The minimum Gasteiger partial charge on any atom is -0.432 e. The fraction of sp³-hybridized carbons (Fsp3) is 0.963. The van der Waals surface area contributed by atoms with Gasteiger partial charge in [0.2, 0.25) is 6.29 Å². The van der Waals surface area contributed by atoms with Crippen LogP contribution < -0.4 is 0 Å². The first-order valence-electron chi connectivity index (χ1n) is 14.5. The van der Waals surface area contributed by atoms with E-state index in [2.05, 4.69) is 6.92 Å². The summed E-state index contributed by atoms with van der Waals surface area (Å²) in [5.74, 6) is -1.13. The monoisotopic (exact) mass is 592 g/mol. The summed E-state index contributed by atoms with van der Waals surface area (Å²) >= 11 is 0. The van der Waals surface area contributed by atoms with Crippen molar-refractivity contribution in [1.82, 2.24) is 0 Å². The molecule has 9 N–H and O–H groups in total. The second kappa shape index (κ2) is 11.5. The second-order valence-corrected chi connectivity index (χ2v) is 12.9. The van der Waals surface area contributed by atoms with E-state index in [1.807, 2.05) is 0 Å². The molecule has 41 heavy (non-hydrogen) atoms. The van der Waals surface area contributed by atoms with Crippen molar-refractivity contribution < 1.29 is 69.7 Å².